The lowest BCUT2D eigenvalue weighted by molar-refractivity contribution is -0.150. The average Bonchev–Trinajstić information content (AvgIpc) is 3.62. The molecule has 43 heavy (non-hydrogen) atoms. The zero-order valence-electron chi connectivity index (χ0n) is 21.5. The summed E-state index contributed by atoms with van der Waals surface area (Å²) in [5.74, 6) is -4.14. The summed E-state index contributed by atoms with van der Waals surface area (Å²) >= 11 is 3.14. The maximum absolute atomic E-state index is 13.2. The van der Waals surface area contributed by atoms with Gasteiger partial charge < -0.3 is 26.1 Å². The number of fused-ring (bicyclic) bond motifs is 1. The van der Waals surface area contributed by atoms with Gasteiger partial charge in [0.25, 0.3) is 11.8 Å². The van der Waals surface area contributed by atoms with E-state index in [9.17, 15) is 28.7 Å². The lowest BCUT2D eigenvalue weighted by atomic mass is 10.0. The average molecular weight is 651 g/mol. The van der Waals surface area contributed by atoms with Crippen LogP contribution < -0.4 is 15.9 Å². The second-order valence-corrected chi connectivity index (χ2v) is 11.5. The van der Waals surface area contributed by atoms with Gasteiger partial charge in [0, 0.05) is 23.0 Å². The Bertz CT molecular complexity index is 1640. The molecule has 0 radical (unpaired) electrons. The molecule has 2 amide bonds. The fraction of sp³-hybridized carbons (Fsp3) is 0.273. The number of halogens is 1. The van der Waals surface area contributed by atoms with Gasteiger partial charge in [-0.1, -0.05) is 16.9 Å². The van der Waals surface area contributed by atoms with Crippen LogP contribution in [0.25, 0.3) is 0 Å². The molecule has 17 nitrogen and oxygen atoms in total. The molecule has 0 aliphatic carbocycles. The molecule has 1 unspecified atom stereocenters. The van der Waals surface area contributed by atoms with Crippen molar-refractivity contribution in [2.45, 2.75) is 29.5 Å². The van der Waals surface area contributed by atoms with Crippen molar-refractivity contribution in [2.75, 3.05) is 17.2 Å². The number of nitrogens with one attached hydrogen (secondary N) is 1. The largest absolute Gasteiger partial charge is 0.481 e. The summed E-state index contributed by atoms with van der Waals surface area (Å²) in [4.78, 5) is 59.7. The molecule has 2 aliphatic rings. The number of benzene rings is 1. The maximum Gasteiger partial charge on any atom is 0.352 e. The van der Waals surface area contributed by atoms with Gasteiger partial charge in [-0.3, -0.25) is 19.3 Å². The lowest BCUT2D eigenvalue weighted by Gasteiger charge is -2.49. The molecule has 5 N–H and O–H groups in total. The summed E-state index contributed by atoms with van der Waals surface area (Å²) in [6.45, 7) is 0.0293. The van der Waals surface area contributed by atoms with Crippen molar-refractivity contribution >= 4 is 69.7 Å². The molecule has 4 heterocycles. The number of rotatable bonds is 12. The van der Waals surface area contributed by atoms with Crippen molar-refractivity contribution in [1.29, 1.82) is 0 Å². The van der Waals surface area contributed by atoms with Crippen LogP contribution in [0.3, 0.4) is 0 Å². The Labute approximate surface area is 252 Å². The maximum atomic E-state index is 13.2. The molecule has 2 aromatic heterocycles. The van der Waals surface area contributed by atoms with Gasteiger partial charge in [0.1, 0.15) is 22.9 Å². The van der Waals surface area contributed by atoms with E-state index in [0.717, 1.165) is 40.3 Å². The Morgan fingerprint density at radius 3 is 2.70 bits per heavy atom. The number of carbonyl (C=O) groups is 4. The molecule has 2 atom stereocenters. The zero-order valence-corrected chi connectivity index (χ0v) is 23.9. The molecule has 0 saturated carbocycles. The summed E-state index contributed by atoms with van der Waals surface area (Å²) in [6, 6.07) is 3.74. The number of carboxylic acid groups (broad SMARTS) is 2. The zero-order chi connectivity index (χ0) is 30.7. The lowest BCUT2D eigenvalue weighted by Crippen LogP contribution is -2.71. The quantitative estimate of drug-likeness (QED) is 0.0875. The van der Waals surface area contributed by atoms with E-state index in [4.69, 9.17) is 15.7 Å². The highest BCUT2D eigenvalue weighted by atomic mass is 32.2. The van der Waals surface area contributed by atoms with Gasteiger partial charge in [-0.25, -0.2) is 13.9 Å². The summed E-state index contributed by atoms with van der Waals surface area (Å²) in [7, 11) is 0. The molecule has 3 aromatic rings. The van der Waals surface area contributed by atoms with Gasteiger partial charge in [0.15, 0.2) is 10.9 Å². The number of nitrogens with zero attached hydrogens (tertiary/aromatic N) is 8. The number of nitrogen functional groups attached to an aromatic ring is 1. The number of aryl methyl sites for hydroxylation is 1. The fourth-order valence-corrected chi connectivity index (χ4v) is 6.73. The Kier molecular flexibility index (Phi) is 8.82. The van der Waals surface area contributed by atoms with E-state index in [1.165, 1.54) is 28.6 Å². The number of hydrogen-bond acceptors (Lipinski definition) is 15. The Morgan fingerprint density at radius 2 is 2.02 bits per heavy atom. The van der Waals surface area contributed by atoms with Crippen LogP contribution in [-0.2, 0) is 25.7 Å². The molecule has 0 bridgehead atoms. The molecule has 5 rings (SSSR count). The van der Waals surface area contributed by atoms with Crippen molar-refractivity contribution in [3.8, 4) is 5.75 Å². The van der Waals surface area contributed by atoms with E-state index >= 15 is 0 Å². The van der Waals surface area contributed by atoms with E-state index < -0.39 is 46.7 Å². The molecule has 1 aromatic carbocycles. The second kappa shape index (κ2) is 12.7. The Balaban J connectivity index is 1.30. The fourth-order valence-electron chi connectivity index (χ4n) is 3.91. The molecule has 1 fully saturated rings. The highest BCUT2D eigenvalue weighted by molar-refractivity contribution is 8.01. The first-order valence-electron chi connectivity index (χ1n) is 12.0. The smallest absolute Gasteiger partial charge is 0.352 e. The first-order chi connectivity index (χ1) is 20.6. The van der Waals surface area contributed by atoms with E-state index in [1.54, 1.807) is 0 Å². The molecule has 21 heteroatoms. The standard InChI is InChI=1S/C22H19FN10O7S3/c23-10-1-3-11(4-2-10)40-28-13(16-26-21(24)43-29-16)17(36)25-14-18(37)33-15(20(38)39)9(7-41-19(14)33)8-42-22-27-30-31-32(22)6-5-12(34)35/h1-4,14,19H,5-8H2,(H,25,36)(H,34,35)(H,38,39)(H2,24,26,29)/t14?,19-/m0/s1. The minimum Gasteiger partial charge on any atom is -0.481 e. The Hall–Kier alpha value is -4.63. The van der Waals surface area contributed by atoms with Crippen molar-refractivity contribution in [1.82, 2.24) is 39.8 Å². The molecule has 2 aliphatic heterocycles. The monoisotopic (exact) mass is 650 g/mol. The van der Waals surface area contributed by atoms with Crippen LogP contribution >= 0.6 is 35.1 Å². The number of thioether (sulfide) groups is 2. The number of anilines is 1. The predicted molar refractivity (Wildman–Crippen MR) is 148 cm³/mol. The number of β-lactam (4-membered cyclic amide) rings is 1. The van der Waals surface area contributed by atoms with Gasteiger partial charge in [-0.15, -0.1) is 16.9 Å². The number of carboxylic acids is 2. The summed E-state index contributed by atoms with van der Waals surface area (Å²) in [6.07, 6.45) is -0.203. The van der Waals surface area contributed by atoms with Crippen LogP contribution in [0.5, 0.6) is 5.75 Å². The highest BCUT2D eigenvalue weighted by Gasteiger charge is 2.54. The molecule has 224 valence electrons. The number of hydrogen-bond donors (Lipinski definition) is 4. The first-order valence-corrected chi connectivity index (χ1v) is 14.8. The number of oxime groups is 1. The van der Waals surface area contributed by atoms with E-state index in [0.29, 0.717) is 5.57 Å². The first kappa shape index (κ1) is 29.8. The van der Waals surface area contributed by atoms with Crippen molar-refractivity contribution < 1.29 is 38.6 Å². The van der Waals surface area contributed by atoms with E-state index in [2.05, 4.69) is 35.4 Å². The predicted octanol–water partition coefficient (Wildman–Crippen LogP) is 0.0346. The van der Waals surface area contributed by atoms with Gasteiger partial charge in [-0.05, 0) is 40.3 Å². The van der Waals surface area contributed by atoms with Crippen LogP contribution in [0, 0.1) is 5.82 Å². The van der Waals surface area contributed by atoms with Crippen LogP contribution in [0.15, 0.2) is 45.8 Å². The molecular weight excluding hydrogens is 632 g/mol. The van der Waals surface area contributed by atoms with Crippen LogP contribution in [0.4, 0.5) is 9.52 Å². The van der Waals surface area contributed by atoms with Crippen LogP contribution in [0.1, 0.15) is 12.2 Å². The molecule has 1 saturated heterocycles. The third-order valence-electron chi connectivity index (χ3n) is 5.87. The number of nitrogens with two attached hydrogens (primary N) is 1. The minimum atomic E-state index is -1.33. The topological polar surface area (TPSA) is 241 Å². The van der Waals surface area contributed by atoms with Gasteiger partial charge in [0.05, 0.1) is 13.0 Å². The Morgan fingerprint density at radius 1 is 1.26 bits per heavy atom. The van der Waals surface area contributed by atoms with E-state index in [-0.39, 0.29) is 52.0 Å². The minimum absolute atomic E-state index is 0.0293. The number of aromatic nitrogens is 6. The van der Waals surface area contributed by atoms with Crippen molar-refractivity contribution in [3.63, 3.8) is 0 Å². The van der Waals surface area contributed by atoms with E-state index in [1.807, 2.05) is 0 Å². The van der Waals surface area contributed by atoms with Crippen molar-refractivity contribution in [2.24, 2.45) is 5.16 Å². The van der Waals surface area contributed by atoms with Crippen LogP contribution in [-0.4, -0.2) is 97.1 Å². The second-order valence-electron chi connectivity index (χ2n) is 8.68. The number of aliphatic carboxylic acids is 2. The molecular formula is C22H19FN10O7S3. The third-order valence-corrected chi connectivity index (χ3v) is 8.80. The normalized spacial score (nSPS) is 18.2. The van der Waals surface area contributed by atoms with Gasteiger partial charge >= 0.3 is 11.9 Å². The van der Waals surface area contributed by atoms with Crippen molar-refractivity contribution in [3.05, 3.63) is 47.2 Å². The summed E-state index contributed by atoms with van der Waals surface area (Å²) < 4.78 is 18.5. The molecule has 0 spiro atoms. The van der Waals surface area contributed by atoms with Gasteiger partial charge in [-0.2, -0.15) is 9.36 Å². The highest BCUT2D eigenvalue weighted by Crippen LogP contribution is 2.41. The summed E-state index contributed by atoms with van der Waals surface area (Å²) in [5, 5.41) is 35.9. The number of tetrazole rings is 1. The van der Waals surface area contributed by atoms with Crippen LogP contribution in [0.2, 0.25) is 0 Å². The van der Waals surface area contributed by atoms with Gasteiger partial charge in [0.2, 0.25) is 16.7 Å². The number of carbonyl (C=O) groups excluding carboxylic acids is 2. The third kappa shape index (κ3) is 6.57. The SMILES string of the molecule is Nc1nc(C(=NOc2ccc(F)cc2)C(=O)NC2C(=O)N3C(C(=O)O)=C(CSc4nnnn4CCC(=O)O)CS[C@@H]23)ns1. The summed E-state index contributed by atoms with van der Waals surface area (Å²) in [5.41, 5.74) is 5.44. The number of amides is 2.